The van der Waals surface area contributed by atoms with Crippen molar-refractivity contribution in [1.82, 2.24) is 24.3 Å². The molecule has 6 nitrogen and oxygen atoms in total. The van der Waals surface area contributed by atoms with Crippen LogP contribution in [0, 0.1) is 6.92 Å². The average Bonchev–Trinajstić information content (AvgIpc) is 2.87. The minimum absolute atomic E-state index is 0.116. The number of aryl methyl sites for hydroxylation is 2. The van der Waals surface area contributed by atoms with E-state index in [4.69, 9.17) is 0 Å². The molecule has 0 fully saturated rings. The number of pyridine rings is 1. The Hall–Kier alpha value is -3.28. The lowest BCUT2D eigenvalue weighted by molar-refractivity contribution is 0.710. The van der Waals surface area contributed by atoms with Crippen molar-refractivity contribution in [1.29, 1.82) is 0 Å². The van der Waals surface area contributed by atoms with Gasteiger partial charge in [-0.15, -0.1) is 0 Å². The Balaban J connectivity index is 1.89. The lowest BCUT2D eigenvalue weighted by atomic mass is 10.1. The van der Waals surface area contributed by atoms with Crippen molar-refractivity contribution >= 4 is 11.2 Å². The Morgan fingerprint density at radius 2 is 1.96 bits per heavy atom. The molecule has 0 saturated heterocycles. The van der Waals surface area contributed by atoms with Crippen molar-refractivity contribution in [2.75, 3.05) is 0 Å². The van der Waals surface area contributed by atoms with Crippen LogP contribution in [-0.2, 0) is 13.6 Å². The molecule has 0 aliphatic heterocycles. The molecule has 1 aromatic carbocycles. The van der Waals surface area contributed by atoms with Gasteiger partial charge >= 0.3 is 5.69 Å². The zero-order chi connectivity index (χ0) is 17.4. The van der Waals surface area contributed by atoms with Crippen LogP contribution < -0.4 is 5.69 Å². The molecule has 124 valence electrons. The van der Waals surface area contributed by atoms with Crippen molar-refractivity contribution < 1.29 is 0 Å². The quantitative estimate of drug-likeness (QED) is 0.579. The van der Waals surface area contributed by atoms with Gasteiger partial charge in [-0.25, -0.2) is 9.78 Å². The molecule has 0 aliphatic carbocycles. The maximum absolute atomic E-state index is 12.6. The summed E-state index contributed by atoms with van der Waals surface area (Å²) in [6, 6.07) is 13.9. The standard InChI is InChI=1S/C19H17N5O/c1-13-5-3-6-14(9-13)15-10-17-18(20-11-15)23(2)19(25)24(17)12-16-7-4-8-21-22-16/h3-11H,12H2,1-2H3. The number of benzene rings is 1. The number of fused-ring (bicyclic) bond motifs is 1. The predicted octanol–water partition coefficient (Wildman–Crippen LogP) is 2.55. The molecule has 0 amide bonds. The van der Waals surface area contributed by atoms with E-state index in [0.717, 1.165) is 22.3 Å². The Labute approximate surface area is 144 Å². The Morgan fingerprint density at radius 1 is 1.08 bits per heavy atom. The van der Waals surface area contributed by atoms with Crippen LogP contribution in [0.25, 0.3) is 22.3 Å². The smallest absolute Gasteiger partial charge is 0.284 e. The Kier molecular flexibility index (Phi) is 3.65. The average molecular weight is 331 g/mol. The third-order valence-electron chi connectivity index (χ3n) is 4.27. The summed E-state index contributed by atoms with van der Waals surface area (Å²) in [6.07, 6.45) is 3.43. The number of rotatable bonds is 3. The second-order valence-electron chi connectivity index (χ2n) is 6.08. The van der Waals surface area contributed by atoms with Crippen molar-refractivity contribution in [2.45, 2.75) is 13.5 Å². The van der Waals surface area contributed by atoms with E-state index in [2.05, 4.69) is 34.2 Å². The van der Waals surface area contributed by atoms with Crippen LogP contribution in [0.2, 0.25) is 0 Å². The van der Waals surface area contributed by atoms with Crippen LogP contribution in [0.5, 0.6) is 0 Å². The van der Waals surface area contributed by atoms with Gasteiger partial charge in [0, 0.05) is 25.0 Å². The zero-order valence-corrected chi connectivity index (χ0v) is 14.0. The van der Waals surface area contributed by atoms with Gasteiger partial charge < -0.3 is 0 Å². The fourth-order valence-electron chi connectivity index (χ4n) is 2.99. The van der Waals surface area contributed by atoms with E-state index in [1.807, 2.05) is 36.5 Å². The summed E-state index contributed by atoms with van der Waals surface area (Å²) in [7, 11) is 1.73. The number of nitrogens with zero attached hydrogens (tertiary/aromatic N) is 5. The van der Waals surface area contributed by atoms with E-state index in [1.54, 1.807) is 22.4 Å². The summed E-state index contributed by atoms with van der Waals surface area (Å²) in [5.41, 5.74) is 5.31. The van der Waals surface area contributed by atoms with Crippen molar-refractivity contribution in [2.24, 2.45) is 7.05 Å². The minimum Gasteiger partial charge on any atom is -0.284 e. The Morgan fingerprint density at radius 3 is 2.72 bits per heavy atom. The summed E-state index contributed by atoms with van der Waals surface area (Å²) < 4.78 is 3.25. The molecule has 0 N–H and O–H groups in total. The molecule has 0 bridgehead atoms. The highest BCUT2D eigenvalue weighted by molar-refractivity contribution is 5.79. The van der Waals surface area contributed by atoms with E-state index in [0.29, 0.717) is 12.2 Å². The molecule has 0 unspecified atom stereocenters. The second-order valence-corrected chi connectivity index (χ2v) is 6.08. The van der Waals surface area contributed by atoms with E-state index >= 15 is 0 Å². The van der Waals surface area contributed by atoms with Gasteiger partial charge in [-0.05, 0) is 30.7 Å². The fourth-order valence-corrected chi connectivity index (χ4v) is 2.99. The topological polar surface area (TPSA) is 65.6 Å². The number of hydrogen-bond donors (Lipinski definition) is 0. The molecular formula is C19H17N5O. The highest BCUT2D eigenvalue weighted by atomic mass is 16.1. The van der Waals surface area contributed by atoms with E-state index in [9.17, 15) is 4.79 Å². The van der Waals surface area contributed by atoms with Crippen molar-refractivity contribution in [3.05, 3.63) is 76.6 Å². The molecule has 6 heteroatoms. The summed E-state index contributed by atoms with van der Waals surface area (Å²) in [5.74, 6) is 0. The molecule has 3 aromatic heterocycles. The van der Waals surface area contributed by atoms with Gasteiger partial charge in [0.15, 0.2) is 5.65 Å². The first-order valence-corrected chi connectivity index (χ1v) is 8.02. The van der Waals surface area contributed by atoms with Gasteiger partial charge in [-0.3, -0.25) is 9.13 Å². The lowest BCUT2D eigenvalue weighted by Crippen LogP contribution is -2.23. The summed E-state index contributed by atoms with van der Waals surface area (Å²) in [4.78, 5) is 17.1. The molecule has 0 atom stereocenters. The SMILES string of the molecule is Cc1cccc(-c2cnc3c(c2)n(Cc2cccnn2)c(=O)n3C)c1. The second kappa shape index (κ2) is 5.98. The van der Waals surface area contributed by atoms with Gasteiger partial charge in [-0.1, -0.05) is 29.8 Å². The molecule has 0 aliphatic rings. The molecule has 3 heterocycles. The highest BCUT2D eigenvalue weighted by Crippen LogP contribution is 2.23. The molecule has 4 rings (SSSR count). The number of imidazole rings is 1. The van der Waals surface area contributed by atoms with Crippen molar-refractivity contribution in [3.8, 4) is 11.1 Å². The van der Waals surface area contributed by atoms with Crippen LogP contribution in [0.15, 0.2) is 59.7 Å². The first-order chi connectivity index (χ1) is 12.1. The van der Waals surface area contributed by atoms with Crippen LogP contribution >= 0.6 is 0 Å². The zero-order valence-electron chi connectivity index (χ0n) is 14.0. The molecular weight excluding hydrogens is 314 g/mol. The van der Waals surface area contributed by atoms with Gasteiger partial charge in [-0.2, -0.15) is 10.2 Å². The summed E-state index contributed by atoms with van der Waals surface area (Å²) in [5, 5.41) is 7.97. The normalized spacial score (nSPS) is 11.1. The maximum atomic E-state index is 12.6. The minimum atomic E-state index is -0.116. The van der Waals surface area contributed by atoms with E-state index < -0.39 is 0 Å². The molecule has 0 radical (unpaired) electrons. The van der Waals surface area contributed by atoms with E-state index in [1.165, 1.54) is 5.56 Å². The molecule has 0 spiro atoms. The molecule has 4 aromatic rings. The summed E-state index contributed by atoms with van der Waals surface area (Å²) >= 11 is 0. The monoisotopic (exact) mass is 331 g/mol. The number of hydrogen-bond acceptors (Lipinski definition) is 4. The van der Waals surface area contributed by atoms with Crippen LogP contribution in [0.1, 0.15) is 11.3 Å². The summed E-state index contributed by atoms with van der Waals surface area (Å²) in [6.45, 7) is 2.42. The van der Waals surface area contributed by atoms with Gasteiger partial charge in [0.1, 0.15) is 0 Å². The van der Waals surface area contributed by atoms with Crippen LogP contribution in [0.3, 0.4) is 0 Å². The Bertz CT molecular complexity index is 1110. The molecule has 0 saturated carbocycles. The van der Waals surface area contributed by atoms with Gasteiger partial charge in [0.25, 0.3) is 0 Å². The lowest BCUT2D eigenvalue weighted by Gasteiger charge is -2.05. The first-order valence-electron chi connectivity index (χ1n) is 8.02. The molecule has 25 heavy (non-hydrogen) atoms. The highest BCUT2D eigenvalue weighted by Gasteiger charge is 2.14. The maximum Gasteiger partial charge on any atom is 0.330 e. The van der Waals surface area contributed by atoms with Crippen LogP contribution in [-0.4, -0.2) is 24.3 Å². The van der Waals surface area contributed by atoms with Crippen LogP contribution in [0.4, 0.5) is 0 Å². The van der Waals surface area contributed by atoms with Gasteiger partial charge in [0.2, 0.25) is 0 Å². The third kappa shape index (κ3) is 2.71. The predicted molar refractivity (Wildman–Crippen MR) is 96.3 cm³/mol. The fraction of sp³-hybridized carbons (Fsp3) is 0.158. The van der Waals surface area contributed by atoms with Gasteiger partial charge in [0.05, 0.1) is 17.8 Å². The van der Waals surface area contributed by atoms with E-state index in [-0.39, 0.29) is 5.69 Å². The largest absolute Gasteiger partial charge is 0.330 e. The first kappa shape index (κ1) is 15.3. The third-order valence-corrected chi connectivity index (χ3v) is 4.27. The van der Waals surface area contributed by atoms with Crippen molar-refractivity contribution in [3.63, 3.8) is 0 Å². The number of aromatic nitrogens is 5.